The Bertz CT molecular complexity index is 905. The number of carbonyl (C=O) groups is 1. The van der Waals surface area contributed by atoms with Crippen LogP contribution in [0.3, 0.4) is 0 Å². The molecule has 0 aliphatic heterocycles. The Morgan fingerprint density at radius 3 is 2.58 bits per heavy atom. The maximum absolute atomic E-state index is 12.9. The summed E-state index contributed by atoms with van der Waals surface area (Å²) >= 11 is 0. The van der Waals surface area contributed by atoms with Crippen molar-refractivity contribution in [3.8, 4) is 5.75 Å². The second-order valence-electron chi connectivity index (χ2n) is 5.11. The van der Waals surface area contributed by atoms with Gasteiger partial charge in [-0.05, 0) is 41.1 Å². The number of hydrogen-bond donors (Lipinski definition) is 1. The Morgan fingerprint density at radius 2 is 1.83 bits per heavy atom. The molecule has 4 nitrogen and oxygen atoms in total. The topological polar surface area (TPSA) is 50.7 Å². The van der Waals surface area contributed by atoms with Gasteiger partial charge in [-0.25, -0.2) is 9.82 Å². The molecule has 0 atom stereocenters. The van der Waals surface area contributed by atoms with Crippen molar-refractivity contribution in [2.75, 3.05) is 7.11 Å². The molecule has 1 N–H and O–H groups in total. The molecule has 0 unspecified atom stereocenters. The summed E-state index contributed by atoms with van der Waals surface area (Å²) in [5.41, 5.74) is 3.54. The quantitative estimate of drug-likeness (QED) is 0.587. The summed E-state index contributed by atoms with van der Waals surface area (Å²) in [5, 5.41) is 6.02. The maximum Gasteiger partial charge on any atom is 0.271 e. The number of methoxy groups -OCH3 is 1. The van der Waals surface area contributed by atoms with Gasteiger partial charge >= 0.3 is 0 Å². The van der Waals surface area contributed by atoms with E-state index in [2.05, 4.69) is 10.5 Å². The van der Waals surface area contributed by atoms with Crippen molar-refractivity contribution in [2.24, 2.45) is 5.10 Å². The lowest BCUT2D eigenvalue weighted by Crippen LogP contribution is -2.17. The smallest absolute Gasteiger partial charge is 0.271 e. The number of carbonyl (C=O) groups excluding carboxylic acids is 1. The van der Waals surface area contributed by atoms with E-state index in [4.69, 9.17) is 4.74 Å². The molecule has 0 aromatic heterocycles. The first-order valence-corrected chi connectivity index (χ1v) is 7.34. The van der Waals surface area contributed by atoms with E-state index in [0.717, 1.165) is 16.3 Å². The molecular weight excluding hydrogens is 307 g/mol. The molecule has 3 rings (SSSR count). The number of fused-ring (bicyclic) bond motifs is 1. The fourth-order valence-electron chi connectivity index (χ4n) is 2.41. The number of rotatable bonds is 4. The lowest BCUT2D eigenvalue weighted by Gasteiger charge is -2.08. The minimum atomic E-state index is -0.412. The van der Waals surface area contributed by atoms with E-state index in [1.54, 1.807) is 13.3 Å². The lowest BCUT2D eigenvalue weighted by molar-refractivity contribution is 0.0955. The van der Waals surface area contributed by atoms with Crippen LogP contribution < -0.4 is 10.2 Å². The van der Waals surface area contributed by atoms with Crippen LogP contribution in [0.5, 0.6) is 5.75 Å². The van der Waals surface area contributed by atoms with Gasteiger partial charge in [-0.1, -0.05) is 30.3 Å². The van der Waals surface area contributed by atoms with E-state index < -0.39 is 11.7 Å². The van der Waals surface area contributed by atoms with Crippen molar-refractivity contribution in [2.45, 2.75) is 0 Å². The first kappa shape index (κ1) is 15.7. The molecule has 120 valence electrons. The van der Waals surface area contributed by atoms with E-state index in [1.807, 2.05) is 36.4 Å². The minimum Gasteiger partial charge on any atom is -0.496 e. The van der Waals surface area contributed by atoms with Crippen LogP contribution >= 0.6 is 0 Å². The Morgan fingerprint density at radius 1 is 1.08 bits per heavy atom. The number of halogens is 1. The standard InChI is InChI=1S/C19H15FN2O2/c1-24-18-11-8-13-4-2-3-5-16(13)17(18)12-21-22-19(23)14-6-9-15(20)10-7-14/h2-12H,1H3,(H,22,23)/b21-12-. The van der Waals surface area contributed by atoms with Crippen LogP contribution in [0.1, 0.15) is 15.9 Å². The molecule has 3 aromatic rings. The Labute approximate surface area is 138 Å². The van der Waals surface area contributed by atoms with Crippen molar-refractivity contribution in [3.63, 3.8) is 0 Å². The first-order valence-electron chi connectivity index (χ1n) is 7.34. The summed E-state index contributed by atoms with van der Waals surface area (Å²) in [5.74, 6) is -0.144. The summed E-state index contributed by atoms with van der Waals surface area (Å²) in [7, 11) is 1.58. The van der Waals surface area contributed by atoms with Gasteiger partial charge in [0.15, 0.2) is 0 Å². The van der Waals surface area contributed by atoms with Crippen LogP contribution in [0.15, 0.2) is 65.8 Å². The van der Waals surface area contributed by atoms with Crippen LogP contribution in [0.2, 0.25) is 0 Å². The molecule has 0 bridgehead atoms. The Balaban J connectivity index is 1.85. The predicted molar refractivity (Wildman–Crippen MR) is 92.0 cm³/mol. The third-order valence-corrected chi connectivity index (χ3v) is 3.62. The van der Waals surface area contributed by atoms with Gasteiger partial charge < -0.3 is 4.74 Å². The summed E-state index contributed by atoms with van der Waals surface area (Å²) in [6, 6.07) is 16.9. The fourth-order valence-corrected chi connectivity index (χ4v) is 2.41. The van der Waals surface area contributed by atoms with E-state index in [-0.39, 0.29) is 0 Å². The zero-order valence-electron chi connectivity index (χ0n) is 13.0. The normalized spacial score (nSPS) is 10.9. The van der Waals surface area contributed by atoms with Gasteiger partial charge in [0.1, 0.15) is 11.6 Å². The molecule has 3 aromatic carbocycles. The van der Waals surface area contributed by atoms with Gasteiger partial charge in [-0.15, -0.1) is 0 Å². The molecule has 0 radical (unpaired) electrons. The SMILES string of the molecule is COc1ccc2ccccc2c1/C=N\NC(=O)c1ccc(F)cc1. The lowest BCUT2D eigenvalue weighted by atomic mass is 10.0. The third kappa shape index (κ3) is 3.25. The van der Waals surface area contributed by atoms with Gasteiger partial charge in [0.05, 0.1) is 13.3 Å². The van der Waals surface area contributed by atoms with Gasteiger partial charge in [0, 0.05) is 11.1 Å². The average Bonchev–Trinajstić information content (AvgIpc) is 2.62. The van der Waals surface area contributed by atoms with Crippen molar-refractivity contribution >= 4 is 22.9 Å². The third-order valence-electron chi connectivity index (χ3n) is 3.62. The van der Waals surface area contributed by atoms with E-state index in [9.17, 15) is 9.18 Å². The van der Waals surface area contributed by atoms with Crippen molar-refractivity contribution in [3.05, 3.63) is 77.6 Å². The second-order valence-corrected chi connectivity index (χ2v) is 5.11. The van der Waals surface area contributed by atoms with Crippen molar-refractivity contribution in [1.82, 2.24) is 5.43 Å². The van der Waals surface area contributed by atoms with E-state index in [1.165, 1.54) is 24.3 Å². The molecule has 0 aliphatic rings. The van der Waals surface area contributed by atoms with E-state index in [0.29, 0.717) is 11.3 Å². The van der Waals surface area contributed by atoms with Gasteiger partial charge in [-0.2, -0.15) is 5.10 Å². The molecule has 0 spiro atoms. The number of benzene rings is 3. The summed E-state index contributed by atoms with van der Waals surface area (Å²) in [6.45, 7) is 0. The first-order chi connectivity index (χ1) is 11.7. The zero-order chi connectivity index (χ0) is 16.9. The van der Waals surface area contributed by atoms with Crippen LogP contribution in [0.4, 0.5) is 4.39 Å². The average molecular weight is 322 g/mol. The van der Waals surface area contributed by atoms with Gasteiger partial charge in [-0.3, -0.25) is 4.79 Å². The highest BCUT2D eigenvalue weighted by Crippen LogP contribution is 2.26. The fraction of sp³-hybridized carbons (Fsp3) is 0.0526. The number of nitrogens with zero attached hydrogens (tertiary/aromatic N) is 1. The van der Waals surface area contributed by atoms with Crippen LogP contribution in [0.25, 0.3) is 10.8 Å². The number of hydrazone groups is 1. The minimum absolute atomic E-state index is 0.332. The summed E-state index contributed by atoms with van der Waals surface area (Å²) in [6.07, 6.45) is 1.54. The largest absolute Gasteiger partial charge is 0.496 e. The molecule has 5 heteroatoms. The van der Waals surface area contributed by atoms with Crippen LogP contribution in [-0.4, -0.2) is 19.2 Å². The number of amides is 1. The molecule has 0 aliphatic carbocycles. The molecule has 0 saturated heterocycles. The highest BCUT2D eigenvalue weighted by Gasteiger charge is 2.07. The maximum atomic E-state index is 12.9. The molecule has 24 heavy (non-hydrogen) atoms. The van der Waals surface area contributed by atoms with Crippen molar-refractivity contribution < 1.29 is 13.9 Å². The molecule has 0 fully saturated rings. The van der Waals surface area contributed by atoms with E-state index >= 15 is 0 Å². The number of hydrogen-bond acceptors (Lipinski definition) is 3. The Kier molecular flexibility index (Phi) is 4.52. The highest BCUT2D eigenvalue weighted by molar-refractivity contribution is 6.03. The monoisotopic (exact) mass is 322 g/mol. The number of ether oxygens (including phenoxy) is 1. The molecule has 0 saturated carbocycles. The number of nitrogens with one attached hydrogen (secondary N) is 1. The summed E-state index contributed by atoms with van der Waals surface area (Å²) < 4.78 is 18.2. The highest BCUT2D eigenvalue weighted by atomic mass is 19.1. The molecule has 1 amide bonds. The molecule has 0 heterocycles. The summed E-state index contributed by atoms with van der Waals surface area (Å²) in [4.78, 5) is 12.0. The Hall–Kier alpha value is -3.21. The second kappa shape index (κ2) is 6.91. The van der Waals surface area contributed by atoms with Crippen LogP contribution in [0, 0.1) is 5.82 Å². The van der Waals surface area contributed by atoms with Crippen LogP contribution in [-0.2, 0) is 0 Å². The van der Waals surface area contributed by atoms with Gasteiger partial charge in [0.25, 0.3) is 5.91 Å². The zero-order valence-corrected chi connectivity index (χ0v) is 13.0. The molecular formula is C19H15FN2O2. The van der Waals surface area contributed by atoms with Gasteiger partial charge in [0.2, 0.25) is 0 Å². The van der Waals surface area contributed by atoms with Crippen molar-refractivity contribution in [1.29, 1.82) is 0 Å². The predicted octanol–water partition coefficient (Wildman–Crippen LogP) is 3.75.